The van der Waals surface area contributed by atoms with E-state index in [1.165, 1.54) is 0 Å². The molecule has 0 aliphatic carbocycles. The molecule has 4 heteroatoms. The van der Waals surface area contributed by atoms with Crippen LogP contribution in [0.25, 0.3) is 0 Å². The van der Waals surface area contributed by atoms with Gasteiger partial charge in [-0.2, -0.15) is 0 Å². The molecule has 2 N–H and O–H groups in total. The van der Waals surface area contributed by atoms with Gasteiger partial charge in [-0.05, 0) is 42.8 Å². The molecular weight excluding hydrogens is 269 g/mol. The number of rotatable bonds is 3. The number of phenols is 1. The predicted molar refractivity (Wildman–Crippen MR) is 76.6 cm³/mol. The first-order valence-electron chi connectivity index (χ1n) is 5.56. The van der Waals surface area contributed by atoms with Crippen molar-refractivity contribution in [1.82, 2.24) is 0 Å². The fourth-order valence-electron chi connectivity index (χ4n) is 1.76. The zero-order valence-electron chi connectivity index (χ0n) is 9.82. The second-order valence-electron chi connectivity index (χ2n) is 4.12. The molecule has 0 aliphatic heterocycles. The lowest BCUT2D eigenvalue weighted by Crippen LogP contribution is -2.06. The van der Waals surface area contributed by atoms with E-state index in [9.17, 15) is 5.11 Å². The van der Waals surface area contributed by atoms with Crippen molar-refractivity contribution in [2.75, 3.05) is 5.32 Å². The zero-order chi connectivity index (χ0) is 13.1. The van der Waals surface area contributed by atoms with E-state index in [2.05, 4.69) is 5.32 Å². The maximum atomic E-state index is 9.45. The van der Waals surface area contributed by atoms with Crippen LogP contribution in [-0.4, -0.2) is 5.11 Å². The highest BCUT2D eigenvalue weighted by Crippen LogP contribution is 2.26. The molecule has 2 aromatic rings. The van der Waals surface area contributed by atoms with Gasteiger partial charge in [0.15, 0.2) is 0 Å². The second-order valence-corrected chi connectivity index (χ2v) is 4.99. The van der Waals surface area contributed by atoms with Crippen molar-refractivity contribution >= 4 is 28.9 Å². The summed E-state index contributed by atoms with van der Waals surface area (Å²) in [5.41, 5.74) is 1.84. The van der Waals surface area contributed by atoms with Crippen LogP contribution in [0.2, 0.25) is 10.0 Å². The van der Waals surface area contributed by atoms with Crippen LogP contribution in [0.4, 0.5) is 5.69 Å². The summed E-state index contributed by atoms with van der Waals surface area (Å²) in [6, 6.07) is 12.5. The molecule has 1 unspecified atom stereocenters. The standard InChI is InChI=1S/C14H13Cl2NO/c1-9(10-3-2-4-14(18)5-10)17-13-7-11(15)6-12(16)8-13/h2-9,17-18H,1H3. The Balaban J connectivity index is 2.18. The van der Waals surface area contributed by atoms with Crippen molar-refractivity contribution in [1.29, 1.82) is 0 Å². The van der Waals surface area contributed by atoms with Crippen molar-refractivity contribution < 1.29 is 5.11 Å². The predicted octanol–water partition coefficient (Wildman–Crippen LogP) is 4.87. The summed E-state index contributed by atoms with van der Waals surface area (Å²) >= 11 is 11.9. The number of phenolic OH excluding ortho intramolecular Hbond substituents is 1. The monoisotopic (exact) mass is 281 g/mol. The summed E-state index contributed by atoms with van der Waals surface area (Å²) in [7, 11) is 0. The molecule has 0 aliphatic rings. The fraction of sp³-hybridized carbons (Fsp3) is 0.143. The van der Waals surface area contributed by atoms with Gasteiger partial charge in [-0.15, -0.1) is 0 Å². The van der Waals surface area contributed by atoms with Gasteiger partial charge in [0.05, 0.1) is 0 Å². The van der Waals surface area contributed by atoms with E-state index in [4.69, 9.17) is 23.2 Å². The molecule has 0 radical (unpaired) electrons. The average molecular weight is 282 g/mol. The highest BCUT2D eigenvalue weighted by molar-refractivity contribution is 6.35. The highest BCUT2D eigenvalue weighted by Gasteiger charge is 2.07. The van der Waals surface area contributed by atoms with E-state index in [-0.39, 0.29) is 11.8 Å². The van der Waals surface area contributed by atoms with Crippen LogP contribution in [0.15, 0.2) is 42.5 Å². The number of halogens is 2. The molecule has 0 spiro atoms. The van der Waals surface area contributed by atoms with Gasteiger partial charge < -0.3 is 10.4 Å². The van der Waals surface area contributed by atoms with Crippen LogP contribution in [-0.2, 0) is 0 Å². The Morgan fingerprint density at radius 3 is 2.33 bits per heavy atom. The van der Waals surface area contributed by atoms with E-state index in [0.29, 0.717) is 10.0 Å². The van der Waals surface area contributed by atoms with Crippen LogP contribution in [0.1, 0.15) is 18.5 Å². The average Bonchev–Trinajstić information content (AvgIpc) is 2.27. The van der Waals surface area contributed by atoms with Crippen molar-refractivity contribution in [2.24, 2.45) is 0 Å². The summed E-state index contributed by atoms with van der Waals surface area (Å²) in [4.78, 5) is 0. The Kier molecular flexibility index (Phi) is 4.00. The molecule has 0 aromatic heterocycles. The van der Waals surface area contributed by atoms with Crippen molar-refractivity contribution in [3.05, 3.63) is 58.1 Å². The SMILES string of the molecule is CC(Nc1cc(Cl)cc(Cl)c1)c1cccc(O)c1. The Hall–Kier alpha value is -1.38. The smallest absolute Gasteiger partial charge is 0.115 e. The van der Waals surface area contributed by atoms with Gasteiger partial charge in [0.25, 0.3) is 0 Å². The van der Waals surface area contributed by atoms with E-state index in [0.717, 1.165) is 11.3 Å². The quantitative estimate of drug-likeness (QED) is 0.841. The number of hydrogen-bond acceptors (Lipinski definition) is 2. The number of benzene rings is 2. The molecule has 0 saturated heterocycles. The minimum atomic E-state index is 0.0478. The lowest BCUT2D eigenvalue weighted by atomic mass is 10.1. The summed E-state index contributed by atoms with van der Waals surface area (Å²) in [6.45, 7) is 2.00. The Labute approximate surface area is 116 Å². The van der Waals surface area contributed by atoms with Gasteiger partial charge in [-0.1, -0.05) is 35.3 Å². The van der Waals surface area contributed by atoms with Crippen LogP contribution in [0.5, 0.6) is 5.75 Å². The van der Waals surface area contributed by atoms with Crippen LogP contribution < -0.4 is 5.32 Å². The van der Waals surface area contributed by atoms with E-state index >= 15 is 0 Å². The molecule has 2 nitrogen and oxygen atoms in total. The first-order valence-corrected chi connectivity index (χ1v) is 6.32. The van der Waals surface area contributed by atoms with E-state index < -0.39 is 0 Å². The molecule has 0 amide bonds. The first-order chi connectivity index (χ1) is 8.54. The lowest BCUT2D eigenvalue weighted by molar-refractivity contribution is 0.474. The first kappa shape index (κ1) is 13.1. The summed E-state index contributed by atoms with van der Waals surface area (Å²) < 4.78 is 0. The lowest BCUT2D eigenvalue weighted by Gasteiger charge is -2.16. The third-order valence-corrected chi connectivity index (χ3v) is 3.05. The topological polar surface area (TPSA) is 32.3 Å². The summed E-state index contributed by atoms with van der Waals surface area (Å²) in [6.07, 6.45) is 0. The maximum Gasteiger partial charge on any atom is 0.115 e. The third-order valence-electron chi connectivity index (χ3n) is 2.62. The van der Waals surface area contributed by atoms with Gasteiger partial charge in [0, 0.05) is 21.8 Å². The number of aromatic hydroxyl groups is 1. The fourth-order valence-corrected chi connectivity index (χ4v) is 2.29. The summed E-state index contributed by atoms with van der Waals surface area (Å²) in [5.74, 6) is 0.255. The molecule has 18 heavy (non-hydrogen) atoms. The van der Waals surface area contributed by atoms with Crippen LogP contribution >= 0.6 is 23.2 Å². The molecular formula is C14H13Cl2NO. The van der Waals surface area contributed by atoms with Crippen LogP contribution in [0, 0.1) is 0 Å². The largest absolute Gasteiger partial charge is 0.508 e. The van der Waals surface area contributed by atoms with Gasteiger partial charge in [0.1, 0.15) is 5.75 Å². The van der Waals surface area contributed by atoms with E-state index in [1.54, 1.807) is 18.2 Å². The summed E-state index contributed by atoms with van der Waals surface area (Å²) in [5, 5.41) is 13.9. The van der Waals surface area contributed by atoms with Crippen LogP contribution in [0.3, 0.4) is 0 Å². The number of hydrogen-bond donors (Lipinski definition) is 2. The van der Waals surface area contributed by atoms with Crippen molar-refractivity contribution in [3.63, 3.8) is 0 Å². The van der Waals surface area contributed by atoms with Gasteiger partial charge in [-0.25, -0.2) is 0 Å². The Morgan fingerprint density at radius 2 is 1.72 bits per heavy atom. The van der Waals surface area contributed by atoms with Gasteiger partial charge >= 0.3 is 0 Å². The minimum absolute atomic E-state index is 0.0478. The highest BCUT2D eigenvalue weighted by atomic mass is 35.5. The number of anilines is 1. The molecule has 94 valence electrons. The Morgan fingerprint density at radius 1 is 1.06 bits per heavy atom. The molecule has 2 rings (SSSR count). The molecule has 0 fully saturated rings. The third kappa shape index (κ3) is 3.31. The molecule has 2 aromatic carbocycles. The second kappa shape index (κ2) is 5.51. The van der Waals surface area contributed by atoms with Gasteiger partial charge in [-0.3, -0.25) is 0 Å². The molecule has 0 heterocycles. The zero-order valence-corrected chi connectivity index (χ0v) is 11.3. The Bertz CT molecular complexity index is 537. The minimum Gasteiger partial charge on any atom is -0.508 e. The van der Waals surface area contributed by atoms with E-state index in [1.807, 2.05) is 31.2 Å². The molecule has 1 atom stereocenters. The normalized spacial score (nSPS) is 12.2. The number of nitrogens with one attached hydrogen (secondary N) is 1. The van der Waals surface area contributed by atoms with Crippen molar-refractivity contribution in [3.8, 4) is 5.75 Å². The molecule has 0 bridgehead atoms. The maximum absolute atomic E-state index is 9.45. The molecule has 0 saturated carbocycles. The van der Waals surface area contributed by atoms with Gasteiger partial charge in [0.2, 0.25) is 0 Å². The van der Waals surface area contributed by atoms with Crippen molar-refractivity contribution in [2.45, 2.75) is 13.0 Å².